The van der Waals surface area contributed by atoms with Crippen LogP contribution in [-0.4, -0.2) is 26.4 Å². The number of fused-ring (bicyclic) bond motifs is 1. The molecule has 3 aromatic carbocycles. The SMILES string of the molecule is COc1ccc(S(=O)(=O)Nc2ccc(C(=O)Nc3ccc4sc(C)nc4c3)cc2)cc1. The minimum atomic E-state index is -3.75. The van der Waals surface area contributed by atoms with Gasteiger partial charge in [0, 0.05) is 16.9 Å². The first-order valence-electron chi connectivity index (χ1n) is 9.29. The molecule has 0 fully saturated rings. The molecule has 1 heterocycles. The molecule has 0 spiro atoms. The molecule has 0 saturated carbocycles. The van der Waals surface area contributed by atoms with Gasteiger partial charge in [-0.3, -0.25) is 9.52 Å². The van der Waals surface area contributed by atoms with Gasteiger partial charge >= 0.3 is 0 Å². The third kappa shape index (κ3) is 4.68. The van der Waals surface area contributed by atoms with Crippen molar-refractivity contribution >= 4 is 48.9 Å². The van der Waals surface area contributed by atoms with Crippen molar-refractivity contribution in [2.45, 2.75) is 11.8 Å². The van der Waals surface area contributed by atoms with Gasteiger partial charge in [-0.25, -0.2) is 13.4 Å². The number of nitrogens with zero attached hydrogens (tertiary/aromatic N) is 1. The summed E-state index contributed by atoms with van der Waals surface area (Å²) in [6.45, 7) is 1.94. The van der Waals surface area contributed by atoms with Gasteiger partial charge in [-0.05, 0) is 73.7 Å². The molecule has 158 valence electrons. The van der Waals surface area contributed by atoms with Gasteiger partial charge in [-0.15, -0.1) is 11.3 Å². The van der Waals surface area contributed by atoms with E-state index < -0.39 is 10.0 Å². The summed E-state index contributed by atoms with van der Waals surface area (Å²) in [4.78, 5) is 17.1. The average Bonchev–Trinajstić information content (AvgIpc) is 3.13. The Hall–Kier alpha value is -3.43. The number of benzene rings is 3. The number of thiazole rings is 1. The highest BCUT2D eigenvalue weighted by molar-refractivity contribution is 7.92. The number of nitrogens with one attached hydrogen (secondary N) is 2. The number of amides is 1. The summed E-state index contributed by atoms with van der Waals surface area (Å²) in [7, 11) is -2.24. The molecule has 0 aliphatic rings. The highest BCUT2D eigenvalue weighted by Crippen LogP contribution is 2.25. The lowest BCUT2D eigenvalue weighted by molar-refractivity contribution is 0.102. The Labute approximate surface area is 183 Å². The van der Waals surface area contributed by atoms with Gasteiger partial charge in [0.1, 0.15) is 5.75 Å². The minimum Gasteiger partial charge on any atom is -0.497 e. The number of ether oxygens (including phenoxy) is 1. The number of hydrogen-bond acceptors (Lipinski definition) is 6. The topological polar surface area (TPSA) is 97.4 Å². The van der Waals surface area contributed by atoms with Crippen molar-refractivity contribution in [1.82, 2.24) is 4.98 Å². The fourth-order valence-electron chi connectivity index (χ4n) is 2.98. The van der Waals surface area contributed by atoms with Crippen LogP contribution in [0.2, 0.25) is 0 Å². The summed E-state index contributed by atoms with van der Waals surface area (Å²) in [6.07, 6.45) is 0. The summed E-state index contributed by atoms with van der Waals surface area (Å²) in [5, 5.41) is 3.80. The maximum absolute atomic E-state index is 12.6. The van der Waals surface area contributed by atoms with Crippen molar-refractivity contribution in [3.63, 3.8) is 0 Å². The molecule has 0 aliphatic heterocycles. The molecule has 7 nitrogen and oxygen atoms in total. The van der Waals surface area contributed by atoms with E-state index in [-0.39, 0.29) is 10.8 Å². The van der Waals surface area contributed by atoms with Crippen LogP contribution in [-0.2, 0) is 10.0 Å². The molecular formula is C22H19N3O4S2. The van der Waals surface area contributed by atoms with E-state index in [1.54, 1.807) is 47.7 Å². The van der Waals surface area contributed by atoms with Crippen LogP contribution in [0.4, 0.5) is 11.4 Å². The van der Waals surface area contributed by atoms with Crippen LogP contribution in [0.15, 0.2) is 71.6 Å². The lowest BCUT2D eigenvalue weighted by Crippen LogP contribution is -2.14. The first-order valence-corrected chi connectivity index (χ1v) is 11.6. The van der Waals surface area contributed by atoms with Crippen LogP contribution in [0, 0.1) is 6.92 Å². The van der Waals surface area contributed by atoms with Crippen molar-refractivity contribution in [3.05, 3.63) is 77.3 Å². The molecule has 0 aliphatic carbocycles. The van der Waals surface area contributed by atoms with Crippen molar-refractivity contribution in [2.75, 3.05) is 17.1 Å². The van der Waals surface area contributed by atoms with Crippen molar-refractivity contribution in [2.24, 2.45) is 0 Å². The Kier molecular flexibility index (Phi) is 5.62. The first kappa shape index (κ1) is 20.8. The van der Waals surface area contributed by atoms with Crippen LogP contribution >= 0.6 is 11.3 Å². The Morgan fingerprint density at radius 1 is 0.968 bits per heavy atom. The molecule has 0 bridgehead atoms. The molecule has 4 rings (SSSR count). The molecule has 0 saturated heterocycles. The third-order valence-electron chi connectivity index (χ3n) is 4.52. The number of carbonyl (C=O) groups excluding carboxylic acids is 1. The van der Waals surface area contributed by atoms with E-state index >= 15 is 0 Å². The third-order valence-corrected chi connectivity index (χ3v) is 6.87. The lowest BCUT2D eigenvalue weighted by atomic mass is 10.2. The Morgan fingerprint density at radius 2 is 1.65 bits per heavy atom. The quantitative estimate of drug-likeness (QED) is 0.442. The molecule has 1 amide bonds. The highest BCUT2D eigenvalue weighted by atomic mass is 32.2. The Bertz CT molecular complexity index is 1350. The first-order chi connectivity index (χ1) is 14.8. The second-order valence-corrected chi connectivity index (χ2v) is 9.65. The van der Waals surface area contributed by atoms with Crippen molar-refractivity contribution in [1.29, 1.82) is 0 Å². The molecule has 2 N–H and O–H groups in total. The number of rotatable bonds is 6. The predicted octanol–water partition coefficient (Wildman–Crippen LogP) is 4.67. The molecule has 0 atom stereocenters. The van der Waals surface area contributed by atoms with E-state index in [4.69, 9.17) is 4.74 Å². The number of aromatic nitrogens is 1. The second kappa shape index (κ2) is 8.37. The minimum absolute atomic E-state index is 0.114. The summed E-state index contributed by atoms with van der Waals surface area (Å²) >= 11 is 1.60. The van der Waals surface area contributed by atoms with Crippen LogP contribution in [0.3, 0.4) is 0 Å². The predicted molar refractivity (Wildman–Crippen MR) is 123 cm³/mol. The number of anilines is 2. The van der Waals surface area contributed by atoms with E-state index in [0.717, 1.165) is 15.2 Å². The van der Waals surface area contributed by atoms with Crippen LogP contribution in [0.25, 0.3) is 10.2 Å². The van der Waals surface area contributed by atoms with Gasteiger partial charge in [0.05, 0.1) is 27.2 Å². The fourth-order valence-corrected chi connectivity index (χ4v) is 4.85. The number of methoxy groups -OCH3 is 1. The van der Waals surface area contributed by atoms with Crippen LogP contribution in [0.5, 0.6) is 5.75 Å². The smallest absolute Gasteiger partial charge is 0.261 e. The molecule has 0 radical (unpaired) electrons. The monoisotopic (exact) mass is 453 g/mol. The van der Waals surface area contributed by atoms with Crippen molar-refractivity contribution < 1.29 is 17.9 Å². The standard InChI is InChI=1S/C22H19N3O4S2/c1-14-23-20-13-17(7-12-21(20)30-14)24-22(26)15-3-5-16(6-4-15)25-31(27,28)19-10-8-18(29-2)9-11-19/h3-13,25H,1-2H3,(H,24,26). The normalized spacial score (nSPS) is 11.3. The molecule has 0 unspecified atom stereocenters. The summed E-state index contributed by atoms with van der Waals surface area (Å²) in [5.74, 6) is 0.272. The van der Waals surface area contributed by atoms with E-state index in [2.05, 4.69) is 15.0 Å². The van der Waals surface area contributed by atoms with Gasteiger partial charge in [-0.1, -0.05) is 0 Å². The molecule has 31 heavy (non-hydrogen) atoms. The van der Waals surface area contributed by atoms with Gasteiger partial charge in [0.15, 0.2) is 0 Å². The Balaban J connectivity index is 1.45. The summed E-state index contributed by atoms with van der Waals surface area (Å²) in [5.41, 5.74) is 2.24. The van der Waals surface area contributed by atoms with Gasteiger partial charge in [0.25, 0.3) is 15.9 Å². The number of hydrogen-bond donors (Lipinski definition) is 2. The van der Waals surface area contributed by atoms with Crippen molar-refractivity contribution in [3.8, 4) is 5.75 Å². The van der Waals surface area contributed by atoms with E-state index in [9.17, 15) is 13.2 Å². The largest absolute Gasteiger partial charge is 0.497 e. The van der Waals surface area contributed by atoms with Gasteiger partial charge < -0.3 is 10.1 Å². The zero-order valence-corrected chi connectivity index (χ0v) is 18.4. The zero-order chi connectivity index (χ0) is 22.0. The Morgan fingerprint density at radius 3 is 2.32 bits per heavy atom. The number of carbonyl (C=O) groups is 1. The maximum atomic E-state index is 12.6. The number of sulfonamides is 1. The molecule has 9 heteroatoms. The van der Waals surface area contributed by atoms with E-state index in [0.29, 0.717) is 22.7 Å². The van der Waals surface area contributed by atoms with E-state index in [1.807, 2.05) is 25.1 Å². The van der Waals surface area contributed by atoms with Crippen LogP contribution < -0.4 is 14.8 Å². The van der Waals surface area contributed by atoms with E-state index in [1.165, 1.54) is 19.2 Å². The molecule has 1 aromatic heterocycles. The zero-order valence-electron chi connectivity index (χ0n) is 16.7. The summed E-state index contributed by atoms with van der Waals surface area (Å²) < 4.78 is 33.7. The van der Waals surface area contributed by atoms with Crippen LogP contribution in [0.1, 0.15) is 15.4 Å². The second-order valence-electron chi connectivity index (χ2n) is 6.73. The number of aryl methyl sites for hydroxylation is 1. The van der Waals surface area contributed by atoms with Gasteiger partial charge in [-0.2, -0.15) is 0 Å². The lowest BCUT2D eigenvalue weighted by Gasteiger charge is -2.10. The van der Waals surface area contributed by atoms with Gasteiger partial charge in [0.2, 0.25) is 0 Å². The fraction of sp³-hybridized carbons (Fsp3) is 0.0909. The maximum Gasteiger partial charge on any atom is 0.261 e. The molecular weight excluding hydrogens is 434 g/mol. The highest BCUT2D eigenvalue weighted by Gasteiger charge is 2.15. The molecule has 4 aromatic rings. The average molecular weight is 454 g/mol. The summed E-state index contributed by atoms with van der Waals surface area (Å²) in [6, 6.07) is 17.9.